The maximum absolute atomic E-state index is 12.9. The average Bonchev–Trinajstić information content (AvgIpc) is 2.86. The summed E-state index contributed by atoms with van der Waals surface area (Å²) in [5.41, 5.74) is 2.33. The molecule has 10 heteroatoms. The van der Waals surface area contributed by atoms with Crippen molar-refractivity contribution in [2.75, 3.05) is 45.1 Å². The highest BCUT2D eigenvalue weighted by Gasteiger charge is 2.32. The number of benzene rings is 2. The maximum Gasteiger partial charge on any atom is 0.573 e. The zero-order valence-corrected chi connectivity index (χ0v) is 20.3. The molecule has 4 rings (SSSR count). The molecule has 1 saturated heterocycles. The Kier molecular flexibility index (Phi) is 8.20. The van der Waals surface area contributed by atoms with Crippen molar-refractivity contribution in [3.05, 3.63) is 78.1 Å². The number of ether oxygens (including phenoxy) is 1. The van der Waals surface area contributed by atoms with Gasteiger partial charge < -0.3 is 15.0 Å². The maximum atomic E-state index is 12.9. The monoisotopic (exact) mass is 512 g/mol. The number of hydrogen-bond acceptors (Lipinski definition) is 6. The molecule has 0 radical (unpaired) electrons. The molecule has 0 unspecified atom stereocenters. The van der Waals surface area contributed by atoms with Gasteiger partial charge in [0.25, 0.3) is 0 Å². The molecule has 2 heterocycles. The molecule has 1 aliphatic heterocycles. The minimum Gasteiger partial charge on any atom is -0.404 e. The number of amides is 1. The van der Waals surface area contributed by atoms with Crippen LogP contribution in [0.15, 0.2) is 66.9 Å². The topological polar surface area (TPSA) is 74.8 Å². The number of nitrogens with one attached hydrogen (secondary N) is 1. The fourth-order valence-corrected chi connectivity index (χ4v) is 4.01. The van der Waals surface area contributed by atoms with Crippen LogP contribution >= 0.6 is 0 Å². The van der Waals surface area contributed by atoms with E-state index in [-0.39, 0.29) is 30.0 Å². The summed E-state index contributed by atoms with van der Waals surface area (Å²) in [7, 11) is 1.98. The SMILES string of the molecule is CN1CCN(CC(=O)Nc2cc(C(=O)Cc3ccc(-c4ccccc4)cn3)ccc2OC(F)(F)F)CC1. The lowest BCUT2D eigenvalue weighted by Gasteiger charge is -2.31. The second-order valence-corrected chi connectivity index (χ2v) is 8.89. The van der Waals surface area contributed by atoms with Gasteiger partial charge in [0.15, 0.2) is 11.5 Å². The number of piperazine rings is 1. The normalized spacial score (nSPS) is 14.8. The van der Waals surface area contributed by atoms with Crippen molar-refractivity contribution in [3.8, 4) is 16.9 Å². The molecule has 0 aliphatic carbocycles. The highest BCUT2D eigenvalue weighted by Crippen LogP contribution is 2.32. The summed E-state index contributed by atoms with van der Waals surface area (Å²) in [6.07, 6.45) is -3.33. The zero-order valence-electron chi connectivity index (χ0n) is 20.3. The van der Waals surface area contributed by atoms with Gasteiger partial charge in [-0.05, 0) is 36.9 Å². The largest absolute Gasteiger partial charge is 0.573 e. The molecular formula is C27H27F3N4O3. The average molecular weight is 513 g/mol. The van der Waals surface area contributed by atoms with Crippen molar-refractivity contribution in [1.82, 2.24) is 14.8 Å². The fraction of sp³-hybridized carbons (Fsp3) is 0.296. The molecule has 0 spiro atoms. The molecule has 0 bridgehead atoms. The Bertz CT molecular complexity index is 1230. The lowest BCUT2D eigenvalue weighted by molar-refractivity contribution is -0.274. The molecule has 3 aromatic rings. The van der Waals surface area contributed by atoms with Gasteiger partial charge in [-0.25, -0.2) is 0 Å². The standard InChI is InChI=1S/C27H27F3N4O3/c1-33-11-13-34(14-12-33)18-26(36)32-23-15-20(8-10-25(23)37-27(28,29)30)24(35)16-22-9-7-21(17-31-22)19-5-3-2-4-6-19/h2-10,15,17H,11-14,16,18H2,1H3,(H,32,36). The molecule has 1 fully saturated rings. The van der Waals surface area contributed by atoms with E-state index in [9.17, 15) is 22.8 Å². The number of likely N-dealkylation sites (N-methyl/N-ethyl adjacent to an activating group) is 1. The third-order valence-corrected chi connectivity index (χ3v) is 6.04. The van der Waals surface area contributed by atoms with E-state index < -0.39 is 18.0 Å². The summed E-state index contributed by atoms with van der Waals surface area (Å²) in [5.74, 6) is -1.42. The van der Waals surface area contributed by atoms with Crippen molar-refractivity contribution in [2.45, 2.75) is 12.8 Å². The predicted molar refractivity (Wildman–Crippen MR) is 133 cm³/mol. The molecule has 2 aromatic carbocycles. The van der Waals surface area contributed by atoms with E-state index in [0.29, 0.717) is 18.8 Å². The molecule has 0 atom stereocenters. The minimum atomic E-state index is -4.95. The first kappa shape index (κ1) is 26.3. The van der Waals surface area contributed by atoms with Crippen LogP contribution in [0.5, 0.6) is 5.75 Å². The van der Waals surface area contributed by atoms with Crippen LogP contribution in [0.3, 0.4) is 0 Å². The minimum absolute atomic E-state index is 0.0230. The van der Waals surface area contributed by atoms with Gasteiger partial charge in [0.2, 0.25) is 5.91 Å². The number of nitrogens with zero attached hydrogens (tertiary/aromatic N) is 3. The number of carbonyl (C=O) groups excluding carboxylic acids is 2. The van der Waals surface area contributed by atoms with Gasteiger partial charge in [-0.2, -0.15) is 0 Å². The Hall–Kier alpha value is -3.76. The number of ketones is 1. The number of halogens is 3. The summed E-state index contributed by atoms with van der Waals surface area (Å²) < 4.78 is 42.9. The molecule has 1 N–H and O–H groups in total. The Labute approximate surface area is 212 Å². The Morgan fingerprint density at radius 3 is 2.35 bits per heavy atom. The first-order chi connectivity index (χ1) is 17.7. The second kappa shape index (κ2) is 11.5. The predicted octanol–water partition coefficient (Wildman–Crippen LogP) is 4.26. The highest BCUT2D eigenvalue weighted by molar-refractivity contribution is 6.00. The number of aromatic nitrogens is 1. The quantitative estimate of drug-likeness (QED) is 0.455. The van der Waals surface area contributed by atoms with Crippen molar-refractivity contribution in [2.24, 2.45) is 0 Å². The Balaban J connectivity index is 1.47. The first-order valence-corrected chi connectivity index (χ1v) is 11.8. The molecule has 1 amide bonds. The first-order valence-electron chi connectivity index (χ1n) is 11.8. The number of carbonyl (C=O) groups is 2. The third kappa shape index (κ3) is 7.61. The highest BCUT2D eigenvalue weighted by atomic mass is 19.4. The van der Waals surface area contributed by atoms with Crippen LogP contribution in [0.2, 0.25) is 0 Å². The summed E-state index contributed by atoms with van der Waals surface area (Å²) in [6.45, 7) is 2.95. The second-order valence-electron chi connectivity index (χ2n) is 8.89. The lowest BCUT2D eigenvalue weighted by Crippen LogP contribution is -2.47. The molecule has 194 valence electrons. The number of anilines is 1. The van der Waals surface area contributed by atoms with Crippen LogP contribution in [0.25, 0.3) is 11.1 Å². The number of pyridine rings is 1. The van der Waals surface area contributed by atoms with E-state index in [1.165, 1.54) is 12.1 Å². The van der Waals surface area contributed by atoms with Gasteiger partial charge in [0, 0.05) is 49.2 Å². The van der Waals surface area contributed by atoms with Gasteiger partial charge >= 0.3 is 6.36 Å². The van der Waals surface area contributed by atoms with Crippen LogP contribution in [-0.4, -0.2) is 72.6 Å². The number of rotatable bonds is 8. The van der Waals surface area contributed by atoms with Crippen molar-refractivity contribution < 1.29 is 27.5 Å². The van der Waals surface area contributed by atoms with E-state index in [2.05, 4.69) is 19.9 Å². The van der Waals surface area contributed by atoms with Gasteiger partial charge in [-0.1, -0.05) is 36.4 Å². The van der Waals surface area contributed by atoms with E-state index in [1.54, 1.807) is 12.3 Å². The van der Waals surface area contributed by atoms with Crippen molar-refractivity contribution >= 4 is 17.4 Å². The number of hydrogen-bond donors (Lipinski definition) is 1. The van der Waals surface area contributed by atoms with Gasteiger partial charge in [0.05, 0.1) is 18.7 Å². The molecule has 37 heavy (non-hydrogen) atoms. The number of Topliss-reactive ketones (excluding diaryl/α,β-unsaturated/α-hetero) is 1. The van der Waals surface area contributed by atoms with Crippen molar-refractivity contribution in [3.63, 3.8) is 0 Å². The van der Waals surface area contributed by atoms with Crippen LogP contribution in [0.4, 0.5) is 18.9 Å². The van der Waals surface area contributed by atoms with E-state index in [0.717, 1.165) is 30.3 Å². The van der Waals surface area contributed by atoms with Crippen LogP contribution in [-0.2, 0) is 11.2 Å². The molecule has 1 aliphatic rings. The van der Waals surface area contributed by atoms with E-state index >= 15 is 0 Å². The fourth-order valence-electron chi connectivity index (χ4n) is 4.01. The van der Waals surface area contributed by atoms with Gasteiger partial charge in [0.1, 0.15) is 0 Å². The summed E-state index contributed by atoms with van der Waals surface area (Å²) >= 11 is 0. The summed E-state index contributed by atoms with van der Waals surface area (Å²) in [4.78, 5) is 33.9. The number of alkyl halides is 3. The molecule has 7 nitrogen and oxygen atoms in total. The van der Waals surface area contributed by atoms with Gasteiger partial charge in [-0.15, -0.1) is 13.2 Å². The smallest absolute Gasteiger partial charge is 0.404 e. The molecular weight excluding hydrogens is 485 g/mol. The molecule has 1 aromatic heterocycles. The Morgan fingerprint density at radius 2 is 1.70 bits per heavy atom. The summed E-state index contributed by atoms with van der Waals surface area (Å²) in [6, 6.07) is 16.7. The van der Waals surface area contributed by atoms with Crippen molar-refractivity contribution in [1.29, 1.82) is 0 Å². The van der Waals surface area contributed by atoms with Crippen LogP contribution < -0.4 is 10.1 Å². The van der Waals surface area contributed by atoms with E-state index in [1.807, 2.05) is 48.3 Å². The molecule has 0 saturated carbocycles. The lowest BCUT2D eigenvalue weighted by atomic mass is 10.0. The van der Waals surface area contributed by atoms with Crippen LogP contribution in [0.1, 0.15) is 16.1 Å². The van der Waals surface area contributed by atoms with E-state index in [4.69, 9.17) is 0 Å². The zero-order chi connectivity index (χ0) is 26.4. The third-order valence-electron chi connectivity index (χ3n) is 6.04. The Morgan fingerprint density at radius 1 is 0.973 bits per heavy atom. The van der Waals surface area contributed by atoms with Crippen LogP contribution in [0, 0.1) is 0 Å². The van der Waals surface area contributed by atoms with Gasteiger partial charge in [-0.3, -0.25) is 19.5 Å². The summed E-state index contributed by atoms with van der Waals surface area (Å²) in [5, 5.41) is 2.49.